The Morgan fingerprint density at radius 2 is 2.25 bits per heavy atom. The van der Waals surface area contributed by atoms with E-state index in [1.54, 1.807) is 12.5 Å². The molecule has 0 amide bonds. The van der Waals surface area contributed by atoms with Gasteiger partial charge in [0, 0.05) is 19.2 Å². The van der Waals surface area contributed by atoms with Crippen LogP contribution in [0.4, 0.5) is 11.6 Å². The second-order valence-corrected chi connectivity index (χ2v) is 3.66. The number of nitrogens with two attached hydrogens (primary N) is 1. The predicted octanol–water partition coefficient (Wildman–Crippen LogP) is 1.60. The Hall–Kier alpha value is -2.04. The van der Waals surface area contributed by atoms with Crippen LogP contribution in [0.25, 0.3) is 0 Å². The lowest BCUT2D eigenvalue weighted by Crippen LogP contribution is -2.18. The van der Waals surface area contributed by atoms with Crippen LogP contribution in [-0.2, 0) is 6.54 Å². The molecule has 0 aliphatic heterocycles. The first-order chi connectivity index (χ1) is 7.66. The lowest BCUT2D eigenvalue weighted by atomic mass is 10.2. The van der Waals surface area contributed by atoms with Gasteiger partial charge in [0.1, 0.15) is 17.4 Å². The maximum absolute atomic E-state index is 5.58. The standard InChI is InChI=1S/C11H14N4O/c1-8-9(3-4-16-8)7-15(2)11-6-13-5-10(12)14-11/h3-6H,7H2,1-2H3,(H2,12,14). The van der Waals surface area contributed by atoms with Gasteiger partial charge in [0.15, 0.2) is 0 Å². The van der Waals surface area contributed by atoms with Gasteiger partial charge in [-0.1, -0.05) is 0 Å². The molecule has 0 saturated heterocycles. The molecule has 2 aromatic rings. The van der Waals surface area contributed by atoms with Gasteiger partial charge in [-0.15, -0.1) is 0 Å². The summed E-state index contributed by atoms with van der Waals surface area (Å²) in [7, 11) is 1.94. The summed E-state index contributed by atoms with van der Waals surface area (Å²) < 4.78 is 5.24. The molecule has 0 radical (unpaired) electrons. The van der Waals surface area contributed by atoms with E-state index < -0.39 is 0 Å². The normalized spacial score (nSPS) is 10.4. The molecule has 0 aromatic carbocycles. The van der Waals surface area contributed by atoms with E-state index in [1.807, 2.05) is 24.9 Å². The molecule has 0 aliphatic carbocycles. The fourth-order valence-corrected chi connectivity index (χ4v) is 1.47. The zero-order valence-electron chi connectivity index (χ0n) is 9.34. The van der Waals surface area contributed by atoms with Gasteiger partial charge in [0.25, 0.3) is 0 Å². The van der Waals surface area contributed by atoms with Crippen molar-refractivity contribution in [2.75, 3.05) is 17.7 Å². The molecule has 0 aliphatic rings. The quantitative estimate of drug-likeness (QED) is 0.847. The van der Waals surface area contributed by atoms with E-state index in [-0.39, 0.29) is 0 Å². The highest BCUT2D eigenvalue weighted by molar-refractivity contribution is 5.41. The summed E-state index contributed by atoms with van der Waals surface area (Å²) in [6.45, 7) is 2.66. The Balaban J connectivity index is 2.14. The molecule has 2 aromatic heterocycles. The summed E-state index contributed by atoms with van der Waals surface area (Å²) >= 11 is 0. The maximum Gasteiger partial charge on any atom is 0.149 e. The van der Waals surface area contributed by atoms with E-state index in [4.69, 9.17) is 10.2 Å². The smallest absolute Gasteiger partial charge is 0.149 e. The number of hydrogen-bond donors (Lipinski definition) is 1. The number of furan rings is 1. The zero-order chi connectivity index (χ0) is 11.5. The van der Waals surface area contributed by atoms with Crippen molar-refractivity contribution in [1.29, 1.82) is 0 Å². The molecule has 5 heteroatoms. The van der Waals surface area contributed by atoms with Crippen LogP contribution in [0.15, 0.2) is 29.1 Å². The van der Waals surface area contributed by atoms with E-state index in [9.17, 15) is 0 Å². The van der Waals surface area contributed by atoms with Gasteiger partial charge < -0.3 is 15.1 Å². The molecule has 2 heterocycles. The summed E-state index contributed by atoms with van der Waals surface area (Å²) in [5.74, 6) is 2.09. The summed E-state index contributed by atoms with van der Waals surface area (Å²) in [5, 5.41) is 0. The Bertz CT molecular complexity index is 480. The molecule has 16 heavy (non-hydrogen) atoms. The van der Waals surface area contributed by atoms with Crippen molar-refractivity contribution in [3.05, 3.63) is 36.0 Å². The number of rotatable bonds is 3. The van der Waals surface area contributed by atoms with Crippen LogP contribution in [0.1, 0.15) is 11.3 Å². The molecule has 0 unspecified atom stereocenters. The average molecular weight is 218 g/mol. The third kappa shape index (κ3) is 2.13. The Labute approximate surface area is 93.9 Å². The number of nitrogens with zero attached hydrogens (tertiary/aromatic N) is 3. The molecule has 0 saturated carbocycles. The summed E-state index contributed by atoms with van der Waals surface area (Å²) in [6, 6.07) is 1.95. The van der Waals surface area contributed by atoms with Gasteiger partial charge in [-0.25, -0.2) is 4.98 Å². The second-order valence-electron chi connectivity index (χ2n) is 3.66. The molecule has 0 atom stereocenters. The summed E-state index contributed by atoms with van der Waals surface area (Å²) in [4.78, 5) is 10.2. The predicted molar refractivity (Wildman–Crippen MR) is 62.0 cm³/mol. The van der Waals surface area contributed by atoms with Gasteiger partial charge in [0.05, 0.1) is 18.7 Å². The molecular weight excluding hydrogens is 204 g/mol. The van der Waals surface area contributed by atoms with E-state index >= 15 is 0 Å². The first-order valence-corrected chi connectivity index (χ1v) is 4.98. The monoisotopic (exact) mass is 218 g/mol. The number of anilines is 2. The van der Waals surface area contributed by atoms with Crippen LogP contribution in [0, 0.1) is 6.92 Å². The highest BCUT2D eigenvalue weighted by Crippen LogP contribution is 2.15. The van der Waals surface area contributed by atoms with E-state index in [0.29, 0.717) is 5.82 Å². The van der Waals surface area contributed by atoms with Crippen LogP contribution < -0.4 is 10.6 Å². The van der Waals surface area contributed by atoms with Gasteiger partial charge in [-0.2, -0.15) is 0 Å². The highest BCUT2D eigenvalue weighted by atomic mass is 16.3. The van der Waals surface area contributed by atoms with Gasteiger partial charge >= 0.3 is 0 Å². The Morgan fingerprint density at radius 1 is 1.44 bits per heavy atom. The average Bonchev–Trinajstić information content (AvgIpc) is 2.64. The van der Waals surface area contributed by atoms with Crippen molar-refractivity contribution in [1.82, 2.24) is 9.97 Å². The molecule has 2 rings (SSSR count). The fourth-order valence-electron chi connectivity index (χ4n) is 1.47. The number of nitrogen functional groups attached to an aromatic ring is 1. The molecule has 5 nitrogen and oxygen atoms in total. The largest absolute Gasteiger partial charge is 0.469 e. The molecule has 84 valence electrons. The highest BCUT2D eigenvalue weighted by Gasteiger charge is 2.07. The third-order valence-corrected chi connectivity index (χ3v) is 2.41. The van der Waals surface area contributed by atoms with Crippen LogP contribution in [0.5, 0.6) is 0 Å². The number of aromatic nitrogens is 2. The Morgan fingerprint density at radius 3 is 2.88 bits per heavy atom. The van der Waals surface area contributed by atoms with Crippen molar-refractivity contribution >= 4 is 11.6 Å². The lowest BCUT2D eigenvalue weighted by Gasteiger charge is -2.17. The van der Waals surface area contributed by atoms with Crippen molar-refractivity contribution in [2.24, 2.45) is 0 Å². The Kier molecular flexibility index (Phi) is 2.76. The van der Waals surface area contributed by atoms with E-state index in [0.717, 1.165) is 23.7 Å². The van der Waals surface area contributed by atoms with E-state index in [1.165, 1.54) is 6.20 Å². The van der Waals surface area contributed by atoms with E-state index in [2.05, 4.69) is 9.97 Å². The fraction of sp³-hybridized carbons (Fsp3) is 0.273. The summed E-state index contributed by atoms with van der Waals surface area (Å²) in [6.07, 6.45) is 4.90. The zero-order valence-corrected chi connectivity index (χ0v) is 9.34. The molecule has 2 N–H and O–H groups in total. The summed E-state index contributed by atoms with van der Waals surface area (Å²) in [5.41, 5.74) is 6.71. The minimum atomic E-state index is 0.424. The molecule has 0 spiro atoms. The van der Waals surface area contributed by atoms with Crippen molar-refractivity contribution < 1.29 is 4.42 Å². The third-order valence-electron chi connectivity index (χ3n) is 2.41. The van der Waals surface area contributed by atoms with Gasteiger partial charge in [0.2, 0.25) is 0 Å². The topological polar surface area (TPSA) is 68.2 Å². The van der Waals surface area contributed by atoms with Crippen molar-refractivity contribution in [3.63, 3.8) is 0 Å². The minimum absolute atomic E-state index is 0.424. The van der Waals surface area contributed by atoms with Gasteiger partial charge in [-0.05, 0) is 13.0 Å². The minimum Gasteiger partial charge on any atom is -0.469 e. The molecule has 0 bridgehead atoms. The number of aryl methyl sites for hydroxylation is 1. The first-order valence-electron chi connectivity index (χ1n) is 4.98. The number of hydrogen-bond acceptors (Lipinski definition) is 5. The van der Waals surface area contributed by atoms with Crippen molar-refractivity contribution in [3.8, 4) is 0 Å². The lowest BCUT2D eigenvalue weighted by molar-refractivity contribution is 0.529. The van der Waals surface area contributed by atoms with Crippen LogP contribution in [0.2, 0.25) is 0 Å². The van der Waals surface area contributed by atoms with Crippen LogP contribution >= 0.6 is 0 Å². The first kappa shape index (κ1) is 10.5. The molecular formula is C11H14N4O. The van der Waals surface area contributed by atoms with Crippen LogP contribution in [0.3, 0.4) is 0 Å². The van der Waals surface area contributed by atoms with Crippen LogP contribution in [-0.4, -0.2) is 17.0 Å². The van der Waals surface area contributed by atoms with Gasteiger partial charge in [-0.3, -0.25) is 4.98 Å². The molecule has 0 fully saturated rings. The second kappa shape index (κ2) is 4.22. The maximum atomic E-state index is 5.58. The van der Waals surface area contributed by atoms with Crippen molar-refractivity contribution in [2.45, 2.75) is 13.5 Å². The SMILES string of the molecule is Cc1occc1CN(C)c1cncc(N)n1.